The molecule has 2 fully saturated rings. The van der Waals surface area contributed by atoms with Crippen molar-refractivity contribution in [1.82, 2.24) is 10.3 Å². The molecule has 1 aliphatic carbocycles. The van der Waals surface area contributed by atoms with Crippen LogP contribution in [0.15, 0.2) is 18.3 Å². The number of ether oxygens (including phenoxy) is 1. The Morgan fingerprint density at radius 3 is 2.85 bits per heavy atom. The SMILES string of the molecule is CO[C@@H]1C[C@H](C(=O)NC2CCN(c3ncccc3C#N)CC2)CC[C@@H]1O. The van der Waals surface area contributed by atoms with Crippen LogP contribution in [-0.4, -0.2) is 54.4 Å². The van der Waals surface area contributed by atoms with Crippen LogP contribution in [0.1, 0.15) is 37.7 Å². The normalized spacial score (nSPS) is 27.0. The van der Waals surface area contributed by atoms with Crippen LogP contribution >= 0.6 is 0 Å². The second-order valence-corrected chi connectivity index (χ2v) is 7.11. The summed E-state index contributed by atoms with van der Waals surface area (Å²) in [5, 5.41) is 22.3. The smallest absolute Gasteiger partial charge is 0.223 e. The highest BCUT2D eigenvalue weighted by Gasteiger charge is 2.34. The number of pyridine rings is 1. The Hall–Kier alpha value is -2.17. The molecule has 0 bridgehead atoms. The van der Waals surface area contributed by atoms with Crippen molar-refractivity contribution in [1.29, 1.82) is 5.26 Å². The number of hydrogen-bond acceptors (Lipinski definition) is 6. The Bertz CT molecular complexity index is 667. The molecule has 0 spiro atoms. The maximum absolute atomic E-state index is 12.6. The fraction of sp³-hybridized carbons (Fsp3) is 0.632. The molecule has 140 valence electrons. The van der Waals surface area contributed by atoms with E-state index in [1.807, 2.05) is 0 Å². The predicted octanol–water partition coefficient (Wildman–Crippen LogP) is 1.21. The monoisotopic (exact) mass is 358 g/mol. The number of nitrogens with zero attached hydrogens (tertiary/aromatic N) is 3. The highest BCUT2D eigenvalue weighted by Crippen LogP contribution is 2.27. The average molecular weight is 358 g/mol. The van der Waals surface area contributed by atoms with Gasteiger partial charge in [-0.1, -0.05) is 0 Å². The third-order valence-electron chi connectivity index (χ3n) is 5.48. The molecule has 1 amide bonds. The molecule has 1 saturated heterocycles. The molecule has 7 heteroatoms. The number of methoxy groups -OCH3 is 1. The van der Waals surface area contributed by atoms with Gasteiger partial charge in [0.15, 0.2) is 0 Å². The van der Waals surface area contributed by atoms with Crippen LogP contribution in [-0.2, 0) is 9.53 Å². The largest absolute Gasteiger partial charge is 0.390 e. The second-order valence-electron chi connectivity index (χ2n) is 7.11. The summed E-state index contributed by atoms with van der Waals surface area (Å²) >= 11 is 0. The van der Waals surface area contributed by atoms with Gasteiger partial charge in [0.2, 0.25) is 5.91 Å². The number of hydrogen-bond donors (Lipinski definition) is 2. The highest BCUT2D eigenvalue weighted by atomic mass is 16.5. The first-order valence-electron chi connectivity index (χ1n) is 9.23. The van der Waals surface area contributed by atoms with Crippen molar-refractivity contribution in [2.45, 2.75) is 50.4 Å². The van der Waals surface area contributed by atoms with Crippen molar-refractivity contribution in [2.24, 2.45) is 5.92 Å². The zero-order valence-electron chi connectivity index (χ0n) is 15.1. The summed E-state index contributed by atoms with van der Waals surface area (Å²) in [5.41, 5.74) is 0.585. The number of piperidine rings is 1. The standard InChI is InChI=1S/C19H26N4O3/c1-26-17-11-13(4-5-16(17)24)19(25)22-15-6-9-23(10-7-15)18-14(12-20)3-2-8-21-18/h2-3,8,13,15-17,24H,4-7,9-11H2,1H3,(H,22,25)/t13-,16+,17-/m1/s1. The number of nitriles is 1. The number of aliphatic hydroxyl groups excluding tert-OH is 1. The first-order chi connectivity index (χ1) is 12.6. The molecule has 1 aliphatic heterocycles. The van der Waals surface area contributed by atoms with Crippen molar-refractivity contribution in [3.63, 3.8) is 0 Å². The molecule has 2 N–H and O–H groups in total. The van der Waals surface area contributed by atoms with E-state index in [2.05, 4.69) is 21.3 Å². The maximum Gasteiger partial charge on any atom is 0.223 e. The molecule has 7 nitrogen and oxygen atoms in total. The quantitative estimate of drug-likeness (QED) is 0.840. The van der Waals surface area contributed by atoms with Gasteiger partial charge in [-0.2, -0.15) is 5.26 Å². The van der Waals surface area contributed by atoms with E-state index in [0.29, 0.717) is 24.8 Å². The van der Waals surface area contributed by atoms with E-state index in [9.17, 15) is 15.2 Å². The van der Waals surface area contributed by atoms with Crippen LogP contribution in [0.3, 0.4) is 0 Å². The molecule has 2 heterocycles. The molecular weight excluding hydrogens is 332 g/mol. The molecule has 0 unspecified atom stereocenters. The lowest BCUT2D eigenvalue weighted by Gasteiger charge is -2.35. The summed E-state index contributed by atoms with van der Waals surface area (Å²) in [4.78, 5) is 19.0. The number of aromatic nitrogens is 1. The Labute approximate surface area is 154 Å². The van der Waals surface area contributed by atoms with E-state index < -0.39 is 6.10 Å². The number of nitrogens with one attached hydrogen (secondary N) is 1. The van der Waals surface area contributed by atoms with Crippen LogP contribution in [0.2, 0.25) is 0 Å². The molecule has 1 saturated carbocycles. The number of amides is 1. The van der Waals surface area contributed by atoms with Gasteiger partial charge in [0.05, 0.1) is 17.8 Å². The lowest BCUT2D eigenvalue weighted by molar-refractivity contribution is -0.131. The zero-order chi connectivity index (χ0) is 18.5. The average Bonchev–Trinajstić information content (AvgIpc) is 2.69. The van der Waals surface area contributed by atoms with Crippen molar-refractivity contribution in [2.75, 3.05) is 25.1 Å². The van der Waals surface area contributed by atoms with Gasteiger partial charge < -0.3 is 20.1 Å². The fourth-order valence-electron chi connectivity index (χ4n) is 3.90. The highest BCUT2D eigenvalue weighted by molar-refractivity contribution is 5.79. The summed E-state index contributed by atoms with van der Waals surface area (Å²) < 4.78 is 5.29. The minimum Gasteiger partial charge on any atom is -0.390 e. The number of aliphatic hydroxyl groups is 1. The predicted molar refractivity (Wildman–Crippen MR) is 96.5 cm³/mol. The van der Waals surface area contributed by atoms with Gasteiger partial charge in [0.1, 0.15) is 11.9 Å². The Morgan fingerprint density at radius 2 is 2.15 bits per heavy atom. The van der Waals surface area contributed by atoms with Gasteiger partial charge in [-0.25, -0.2) is 4.98 Å². The van der Waals surface area contributed by atoms with Crippen LogP contribution in [0.4, 0.5) is 5.82 Å². The molecule has 1 aromatic rings. The molecule has 0 radical (unpaired) electrons. The Morgan fingerprint density at radius 1 is 1.38 bits per heavy atom. The Balaban J connectivity index is 1.51. The van der Waals surface area contributed by atoms with Gasteiger partial charge in [-0.05, 0) is 44.2 Å². The summed E-state index contributed by atoms with van der Waals surface area (Å²) in [6.07, 6.45) is 4.51. The van der Waals surface area contributed by atoms with Crippen molar-refractivity contribution in [3.05, 3.63) is 23.9 Å². The van der Waals surface area contributed by atoms with E-state index >= 15 is 0 Å². The first-order valence-corrected chi connectivity index (χ1v) is 9.23. The molecule has 3 atom stereocenters. The van der Waals surface area contributed by atoms with Crippen LogP contribution < -0.4 is 10.2 Å². The number of rotatable bonds is 4. The number of anilines is 1. The second kappa shape index (κ2) is 8.47. The molecule has 2 aliphatic rings. The van der Waals surface area contributed by atoms with E-state index in [1.165, 1.54) is 0 Å². The van der Waals surface area contributed by atoms with Crippen LogP contribution in [0.25, 0.3) is 0 Å². The molecule has 26 heavy (non-hydrogen) atoms. The molecule has 0 aromatic carbocycles. The van der Waals surface area contributed by atoms with Crippen molar-refractivity contribution < 1.29 is 14.6 Å². The Kier molecular flexibility index (Phi) is 6.07. The molecule has 3 rings (SSSR count). The zero-order valence-corrected chi connectivity index (χ0v) is 15.1. The molecular formula is C19H26N4O3. The van der Waals surface area contributed by atoms with Gasteiger partial charge >= 0.3 is 0 Å². The van der Waals surface area contributed by atoms with E-state index in [-0.39, 0.29) is 24.0 Å². The van der Waals surface area contributed by atoms with Gasteiger partial charge in [0, 0.05) is 38.4 Å². The van der Waals surface area contributed by atoms with Gasteiger partial charge in [-0.15, -0.1) is 0 Å². The third kappa shape index (κ3) is 4.14. The first kappa shape index (κ1) is 18.6. The van der Waals surface area contributed by atoms with Crippen LogP contribution in [0, 0.1) is 17.2 Å². The topological polar surface area (TPSA) is 98.5 Å². The molecule has 1 aromatic heterocycles. The van der Waals surface area contributed by atoms with Gasteiger partial charge in [-0.3, -0.25) is 4.79 Å². The van der Waals surface area contributed by atoms with Gasteiger partial charge in [0.25, 0.3) is 0 Å². The number of carbonyl (C=O) groups is 1. The summed E-state index contributed by atoms with van der Waals surface area (Å²) in [5.74, 6) is 0.694. The maximum atomic E-state index is 12.6. The van der Waals surface area contributed by atoms with E-state index in [0.717, 1.165) is 31.7 Å². The minimum absolute atomic E-state index is 0.0629. The van der Waals surface area contributed by atoms with E-state index in [4.69, 9.17) is 4.74 Å². The fourth-order valence-corrected chi connectivity index (χ4v) is 3.90. The minimum atomic E-state index is -0.472. The van der Waals surface area contributed by atoms with Crippen molar-refractivity contribution in [3.8, 4) is 6.07 Å². The summed E-state index contributed by atoms with van der Waals surface area (Å²) in [6.45, 7) is 1.53. The lowest BCUT2D eigenvalue weighted by Crippen LogP contribution is -2.48. The summed E-state index contributed by atoms with van der Waals surface area (Å²) in [7, 11) is 1.58. The number of carbonyl (C=O) groups excluding carboxylic acids is 1. The third-order valence-corrected chi connectivity index (χ3v) is 5.48. The van der Waals surface area contributed by atoms with Crippen molar-refractivity contribution >= 4 is 11.7 Å². The summed E-state index contributed by atoms with van der Waals surface area (Å²) in [6, 6.07) is 5.87. The van der Waals surface area contributed by atoms with Crippen LogP contribution in [0.5, 0.6) is 0 Å². The van der Waals surface area contributed by atoms with E-state index in [1.54, 1.807) is 25.4 Å². The lowest BCUT2D eigenvalue weighted by atomic mass is 9.84.